The third kappa shape index (κ3) is 3.75. The zero-order valence-corrected chi connectivity index (χ0v) is 10.9. The summed E-state index contributed by atoms with van der Waals surface area (Å²) < 4.78 is 5.59. The SMILES string of the molecule is CC(C)(C)NCc1ccnc(C2CCCO2)n1. The molecule has 2 heterocycles. The van der Waals surface area contributed by atoms with Gasteiger partial charge < -0.3 is 10.1 Å². The van der Waals surface area contributed by atoms with Gasteiger partial charge >= 0.3 is 0 Å². The van der Waals surface area contributed by atoms with Crippen molar-refractivity contribution in [3.8, 4) is 0 Å². The lowest BCUT2D eigenvalue weighted by Gasteiger charge is -2.20. The molecule has 94 valence electrons. The Hall–Kier alpha value is -1.00. The zero-order chi connectivity index (χ0) is 12.3. The van der Waals surface area contributed by atoms with Crippen molar-refractivity contribution in [1.29, 1.82) is 0 Å². The van der Waals surface area contributed by atoms with E-state index in [0.717, 1.165) is 37.5 Å². The quantitative estimate of drug-likeness (QED) is 0.872. The van der Waals surface area contributed by atoms with E-state index >= 15 is 0 Å². The molecule has 1 atom stereocenters. The Balaban J connectivity index is 2.01. The fourth-order valence-corrected chi connectivity index (χ4v) is 1.80. The van der Waals surface area contributed by atoms with Gasteiger partial charge in [0.2, 0.25) is 0 Å². The smallest absolute Gasteiger partial charge is 0.157 e. The first-order valence-corrected chi connectivity index (χ1v) is 6.23. The van der Waals surface area contributed by atoms with E-state index in [1.165, 1.54) is 0 Å². The van der Waals surface area contributed by atoms with Crippen LogP contribution < -0.4 is 5.32 Å². The van der Waals surface area contributed by atoms with Crippen molar-refractivity contribution < 1.29 is 4.74 Å². The molecule has 0 aliphatic carbocycles. The molecule has 4 heteroatoms. The highest BCUT2D eigenvalue weighted by atomic mass is 16.5. The molecule has 4 nitrogen and oxygen atoms in total. The van der Waals surface area contributed by atoms with Crippen LogP contribution in [0.3, 0.4) is 0 Å². The van der Waals surface area contributed by atoms with Crippen molar-refractivity contribution in [3.05, 3.63) is 23.8 Å². The van der Waals surface area contributed by atoms with Gasteiger partial charge in [-0.05, 0) is 39.7 Å². The van der Waals surface area contributed by atoms with Crippen LogP contribution in [0.1, 0.15) is 51.2 Å². The number of nitrogens with one attached hydrogen (secondary N) is 1. The molecule has 1 fully saturated rings. The molecule has 0 amide bonds. The van der Waals surface area contributed by atoms with E-state index in [1.54, 1.807) is 0 Å². The minimum Gasteiger partial charge on any atom is -0.370 e. The largest absolute Gasteiger partial charge is 0.370 e. The first kappa shape index (κ1) is 12.5. The van der Waals surface area contributed by atoms with Crippen molar-refractivity contribution in [3.63, 3.8) is 0 Å². The van der Waals surface area contributed by atoms with Crippen LogP contribution in [0.15, 0.2) is 12.3 Å². The summed E-state index contributed by atoms with van der Waals surface area (Å²) in [6.45, 7) is 8.05. The summed E-state index contributed by atoms with van der Waals surface area (Å²) in [5, 5.41) is 3.42. The Kier molecular flexibility index (Phi) is 3.74. The number of aromatic nitrogens is 2. The van der Waals surface area contributed by atoms with E-state index < -0.39 is 0 Å². The van der Waals surface area contributed by atoms with E-state index in [4.69, 9.17) is 4.74 Å². The van der Waals surface area contributed by atoms with Gasteiger partial charge in [0.15, 0.2) is 5.82 Å². The number of ether oxygens (including phenoxy) is 1. The molecule has 0 spiro atoms. The fourth-order valence-electron chi connectivity index (χ4n) is 1.80. The van der Waals surface area contributed by atoms with Gasteiger partial charge in [-0.25, -0.2) is 9.97 Å². The first-order valence-electron chi connectivity index (χ1n) is 6.23. The Morgan fingerprint density at radius 1 is 1.47 bits per heavy atom. The maximum absolute atomic E-state index is 5.59. The van der Waals surface area contributed by atoms with Gasteiger partial charge in [0, 0.05) is 24.9 Å². The normalized spacial score (nSPS) is 20.8. The summed E-state index contributed by atoms with van der Waals surface area (Å²) >= 11 is 0. The van der Waals surface area contributed by atoms with Crippen LogP contribution in [0.2, 0.25) is 0 Å². The Bertz CT molecular complexity index is 367. The van der Waals surface area contributed by atoms with Gasteiger partial charge in [0.1, 0.15) is 6.10 Å². The summed E-state index contributed by atoms with van der Waals surface area (Å²) in [4.78, 5) is 8.86. The van der Waals surface area contributed by atoms with Crippen LogP contribution in [-0.4, -0.2) is 22.1 Å². The Morgan fingerprint density at radius 3 is 2.94 bits per heavy atom. The minimum absolute atomic E-state index is 0.101. The molecular formula is C13H21N3O. The van der Waals surface area contributed by atoms with Crippen molar-refractivity contribution in [2.75, 3.05) is 6.61 Å². The van der Waals surface area contributed by atoms with Crippen LogP contribution >= 0.6 is 0 Å². The van der Waals surface area contributed by atoms with Gasteiger partial charge in [-0.1, -0.05) is 0 Å². The number of nitrogens with zero attached hydrogens (tertiary/aromatic N) is 2. The molecule has 1 aromatic heterocycles. The van der Waals surface area contributed by atoms with Crippen molar-refractivity contribution in [2.24, 2.45) is 0 Å². The summed E-state index contributed by atoms with van der Waals surface area (Å²) in [7, 11) is 0. The molecule has 2 rings (SSSR count). The van der Waals surface area contributed by atoms with Crippen molar-refractivity contribution in [2.45, 2.75) is 51.8 Å². The van der Waals surface area contributed by atoms with Gasteiger partial charge in [0.05, 0.1) is 5.69 Å². The Labute approximate surface area is 103 Å². The molecule has 0 bridgehead atoms. The molecular weight excluding hydrogens is 214 g/mol. The van der Waals surface area contributed by atoms with Gasteiger partial charge in [-0.15, -0.1) is 0 Å². The third-order valence-corrected chi connectivity index (χ3v) is 2.75. The van der Waals surface area contributed by atoms with E-state index in [-0.39, 0.29) is 11.6 Å². The maximum Gasteiger partial charge on any atom is 0.157 e. The lowest BCUT2D eigenvalue weighted by atomic mass is 10.1. The average molecular weight is 235 g/mol. The van der Waals surface area contributed by atoms with Crippen LogP contribution in [0, 0.1) is 0 Å². The minimum atomic E-state index is 0.101. The van der Waals surface area contributed by atoms with Gasteiger partial charge in [0.25, 0.3) is 0 Å². The molecule has 0 radical (unpaired) electrons. The molecule has 1 unspecified atom stereocenters. The fraction of sp³-hybridized carbons (Fsp3) is 0.692. The summed E-state index contributed by atoms with van der Waals surface area (Å²) in [6.07, 6.45) is 4.07. The Morgan fingerprint density at radius 2 is 2.29 bits per heavy atom. The molecule has 0 aromatic carbocycles. The average Bonchev–Trinajstić information content (AvgIpc) is 2.79. The molecule has 0 saturated carbocycles. The second kappa shape index (κ2) is 5.10. The highest BCUT2D eigenvalue weighted by Gasteiger charge is 2.20. The van der Waals surface area contributed by atoms with E-state index in [9.17, 15) is 0 Å². The third-order valence-electron chi connectivity index (χ3n) is 2.75. The standard InChI is InChI=1S/C13H21N3O/c1-13(2,3)15-9-10-6-7-14-12(16-10)11-5-4-8-17-11/h6-7,11,15H,4-5,8-9H2,1-3H3. The van der Waals surface area contributed by atoms with Crippen molar-refractivity contribution >= 4 is 0 Å². The number of hydrogen-bond acceptors (Lipinski definition) is 4. The highest BCUT2D eigenvalue weighted by Crippen LogP contribution is 2.25. The molecule has 1 N–H and O–H groups in total. The zero-order valence-electron chi connectivity index (χ0n) is 10.9. The molecule has 1 saturated heterocycles. The highest BCUT2D eigenvalue weighted by molar-refractivity contribution is 5.05. The number of rotatable bonds is 3. The first-order chi connectivity index (χ1) is 8.04. The summed E-state index contributed by atoms with van der Waals surface area (Å²) in [5.41, 5.74) is 1.13. The molecule has 1 aromatic rings. The topological polar surface area (TPSA) is 47.0 Å². The van der Waals surface area contributed by atoms with Gasteiger partial charge in [-0.2, -0.15) is 0 Å². The molecule has 1 aliphatic rings. The molecule has 1 aliphatic heterocycles. The summed E-state index contributed by atoms with van der Waals surface area (Å²) in [5.74, 6) is 0.829. The van der Waals surface area contributed by atoms with E-state index in [2.05, 4.69) is 36.1 Å². The predicted octanol–water partition coefficient (Wildman–Crippen LogP) is 2.22. The van der Waals surface area contributed by atoms with E-state index in [1.807, 2.05) is 12.3 Å². The van der Waals surface area contributed by atoms with Crippen LogP contribution in [-0.2, 0) is 11.3 Å². The summed E-state index contributed by atoms with van der Waals surface area (Å²) in [6, 6.07) is 1.96. The lowest BCUT2D eigenvalue weighted by molar-refractivity contribution is 0.105. The molecule has 17 heavy (non-hydrogen) atoms. The van der Waals surface area contributed by atoms with E-state index in [0.29, 0.717) is 0 Å². The van der Waals surface area contributed by atoms with Crippen LogP contribution in [0.5, 0.6) is 0 Å². The van der Waals surface area contributed by atoms with Gasteiger partial charge in [-0.3, -0.25) is 0 Å². The van der Waals surface area contributed by atoms with Crippen LogP contribution in [0.4, 0.5) is 0 Å². The second-order valence-electron chi connectivity index (χ2n) is 5.51. The maximum atomic E-state index is 5.59. The van der Waals surface area contributed by atoms with Crippen LogP contribution in [0.25, 0.3) is 0 Å². The monoisotopic (exact) mass is 235 g/mol. The predicted molar refractivity (Wildman–Crippen MR) is 66.6 cm³/mol. The lowest BCUT2D eigenvalue weighted by Crippen LogP contribution is -2.35. The van der Waals surface area contributed by atoms with Crippen molar-refractivity contribution in [1.82, 2.24) is 15.3 Å². The second-order valence-corrected chi connectivity index (χ2v) is 5.51. The number of hydrogen-bond donors (Lipinski definition) is 1.